The first-order valence-electron chi connectivity index (χ1n) is 8.97. The van der Waals surface area contributed by atoms with Gasteiger partial charge in [-0.3, -0.25) is 9.13 Å². The molecule has 16 heteroatoms. The molecule has 3 rings (SSSR count). The van der Waals surface area contributed by atoms with Gasteiger partial charge in [-0.25, -0.2) is 19.7 Å². The Kier molecular flexibility index (Phi) is 7.18. The molecule has 0 aromatic carbocycles. The third-order valence-corrected chi connectivity index (χ3v) is 5.95. The molecule has 1 aliphatic rings. The average Bonchev–Trinajstić information content (AvgIpc) is 3.23. The lowest BCUT2D eigenvalue weighted by atomic mass is 10.1. The van der Waals surface area contributed by atoms with Crippen LogP contribution in [0.15, 0.2) is 11.5 Å². The van der Waals surface area contributed by atoms with E-state index in [9.17, 15) is 29.4 Å². The molecule has 0 radical (unpaired) electrons. The molecule has 1 saturated heterocycles. The first-order valence-corrected chi connectivity index (χ1v) is 11.9. The molecule has 0 bridgehead atoms. The third-order valence-electron chi connectivity index (χ3n) is 4.43. The van der Waals surface area contributed by atoms with E-state index in [1.165, 1.54) is 29.6 Å². The zero-order valence-corrected chi connectivity index (χ0v) is 18.1. The Morgan fingerprint density at radius 2 is 2.10 bits per heavy atom. The average molecular weight is 479 g/mol. The number of anilines is 1. The van der Waals surface area contributed by atoms with Crippen LogP contribution in [0.5, 0.6) is 0 Å². The van der Waals surface area contributed by atoms with Crippen LogP contribution in [-0.2, 0) is 23.6 Å². The Bertz CT molecular complexity index is 1000. The smallest absolute Gasteiger partial charge is 0.365 e. The minimum Gasteiger partial charge on any atom is -0.464 e. The highest BCUT2D eigenvalue weighted by Crippen LogP contribution is 2.43. The van der Waals surface area contributed by atoms with Crippen LogP contribution in [0.25, 0.3) is 11.2 Å². The predicted molar refractivity (Wildman–Crippen MR) is 106 cm³/mol. The molecule has 1 unspecified atom stereocenters. The second kappa shape index (κ2) is 9.34. The lowest BCUT2D eigenvalue weighted by Crippen LogP contribution is -2.36. The van der Waals surface area contributed by atoms with Gasteiger partial charge in [0.2, 0.25) is 0 Å². The molecule has 31 heavy (non-hydrogen) atoms. The maximum atomic E-state index is 11.8. The number of aliphatic hydroxyl groups is 2. The molecule has 3 heterocycles. The van der Waals surface area contributed by atoms with E-state index in [0.717, 1.165) is 0 Å². The van der Waals surface area contributed by atoms with Gasteiger partial charge in [0.15, 0.2) is 22.8 Å². The van der Waals surface area contributed by atoms with Crippen LogP contribution < -0.4 is 5.73 Å². The molecule has 1 aliphatic heterocycles. The number of nitrogens with two attached hydrogens (primary N) is 1. The summed E-state index contributed by atoms with van der Waals surface area (Å²) in [6.07, 6.45) is -2.28. The second-order valence-electron chi connectivity index (χ2n) is 6.49. The van der Waals surface area contributed by atoms with Crippen molar-refractivity contribution >= 4 is 42.3 Å². The SMILES string of the molecule is CCOC(=O)C(OC[C@H]1O[C@@H](n2cnc3c(N)nc(SC)nc32)[C@H](O)[C@H]1O)P(=O)(O)O. The molecule has 0 aliphatic carbocycles. The normalized spacial score (nSPS) is 25.1. The summed E-state index contributed by atoms with van der Waals surface area (Å²) in [6, 6.07) is 0. The molecular formula is C15H22N5O9PS. The maximum Gasteiger partial charge on any atom is 0.365 e. The van der Waals surface area contributed by atoms with Crippen LogP contribution in [0.4, 0.5) is 5.82 Å². The van der Waals surface area contributed by atoms with Gasteiger partial charge in [-0.2, -0.15) is 0 Å². The molecule has 2 aromatic rings. The monoisotopic (exact) mass is 479 g/mol. The van der Waals surface area contributed by atoms with E-state index in [2.05, 4.69) is 19.7 Å². The van der Waals surface area contributed by atoms with Gasteiger partial charge in [-0.15, -0.1) is 0 Å². The zero-order chi connectivity index (χ0) is 22.9. The Morgan fingerprint density at radius 3 is 2.71 bits per heavy atom. The van der Waals surface area contributed by atoms with E-state index >= 15 is 0 Å². The number of nitrogen functional groups attached to an aromatic ring is 1. The van der Waals surface area contributed by atoms with Crippen molar-refractivity contribution in [2.45, 2.75) is 42.5 Å². The van der Waals surface area contributed by atoms with Crippen molar-refractivity contribution in [2.75, 3.05) is 25.2 Å². The highest BCUT2D eigenvalue weighted by molar-refractivity contribution is 7.98. The lowest BCUT2D eigenvalue weighted by molar-refractivity contribution is -0.155. The number of ether oxygens (including phenoxy) is 3. The molecule has 0 spiro atoms. The number of aliphatic hydroxyl groups excluding tert-OH is 2. The number of imidazole rings is 1. The van der Waals surface area contributed by atoms with Gasteiger partial charge in [0.05, 0.1) is 19.5 Å². The molecule has 5 atom stereocenters. The third kappa shape index (κ3) is 4.83. The number of carbonyl (C=O) groups is 1. The number of esters is 1. The van der Waals surface area contributed by atoms with Crippen LogP contribution in [0.2, 0.25) is 0 Å². The minimum atomic E-state index is -5.01. The molecule has 0 amide bonds. The Morgan fingerprint density at radius 1 is 1.39 bits per heavy atom. The fourth-order valence-electron chi connectivity index (χ4n) is 2.99. The van der Waals surface area contributed by atoms with E-state index in [0.29, 0.717) is 5.16 Å². The Hall–Kier alpha value is -1.84. The highest BCUT2D eigenvalue weighted by Gasteiger charge is 2.46. The second-order valence-corrected chi connectivity index (χ2v) is 8.91. The van der Waals surface area contributed by atoms with Crippen molar-refractivity contribution < 1.29 is 43.6 Å². The molecule has 6 N–H and O–H groups in total. The minimum absolute atomic E-state index is 0.112. The van der Waals surface area contributed by atoms with Crippen LogP contribution in [0.1, 0.15) is 13.2 Å². The van der Waals surface area contributed by atoms with Crippen molar-refractivity contribution in [1.82, 2.24) is 19.5 Å². The van der Waals surface area contributed by atoms with Gasteiger partial charge in [-0.05, 0) is 13.2 Å². The Balaban J connectivity index is 1.80. The summed E-state index contributed by atoms with van der Waals surface area (Å²) in [5, 5.41) is 21.2. The first kappa shape index (κ1) is 23.8. The standard InChI is InChI=1S/C15H22N5O9PS/c1-3-27-13(23)14(30(24,25)26)28-4-6-8(21)9(22)12(29-6)20-5-17-7-10(16)18-15(31-2)19-11(7)20/h5-6,8-9,12,14,21-22H,3-4H2,1-2H3,(H2,16,18,19)(H2,24,25,26)/t6-,8+,9-,12-,14?/m1/s1. The quantitative estimate of drug-likeness (QED) is 0.131. The summed E-state index contributed by atoms with van der Waals surface area (Å²) in [5.41, 5.74) is 6.41. The molecule has 0 saturated carbocycles. The number of nitrogens with zero attached hydrogens (tertiary/aromatic N) is 4. The van der Waals surface area contributed by atoms with E-state index < -0.39 is 50.6 Å². The highest BCUT2D eigenvalue weighted by atomic mass is 32.2. The van der Waals surface area contributed by atoms with Gasteiger partial charge in [0.25, 0.3) is 5.85 Å². The van der Waals surface area contributed by atoms with Crippen molar-refractivity contribution in [3.05, 3.63) is 6.33 Å². The van der Waals surface area contributed by atoms with E-state index in [-0.39, 0.29) is 23.6 Å². The number of fused-ring (bicyclic) bond motifs is 1. The summed E-state index contributed by atoms with van der Waals surface area (Å²) < 4.78 is 28.2. The number of aromatic nitrogens is 4. The van der Waals surface area contributed by atoms with E-state index in [1.54, 1.807) is 6.26 Å². The summed E-state index contributed by atoms with van der Waals surface area (Å²) in [7, 11) is -5.01. The van der Waals surface area contributed by atoms with E-state index in [4.69, 9.17) is 15.2 Å². The van der Waals surface area contributed by atoms with Crippen LogP contribution in [0, 0.1) is 0 Å². The van der Waals surface area contributed by atoms with Gasteiger partial charge in [0.1, 0.15) is 23.8 Å². The van der Waals surface area contributed by atoms with Crippen LogP contribution in [-0.4, -0.2) is 89.1 Å². The predicted octanol–water partition coefficient (Wildman–Crippen LogP) is -1.17. The van der Waals surface area contributed by atoms with Gasteiger partial charge < -0.3 is 39.9 Å². The molecular weight excluding hydrogens is 457 g/mol. The molecule has 14 nitrogen and oxygen atoms in total. The van der Waals surface area contributed by atoms with Crippen molar-refractivity contribution in [3.8, 4) is 0 Å². The summed E-state index contributed by atoms with van der Waals surface area (Å²) in [5.74, 6) is -3.32. The summed E-state index contributed by atoms with van der Waals surface area (Å²) >= 11 is 1.24. The molecule has 2 aromatic heterocycles. The maximum absolute atomic E-state index is 11.8. The van der Waals surface area contributed by atoms with Gasteiger partial charge in [-0.1, -0.05) is 11.8 Å². The topological polar surface area (TPSA) is 212 Å². The Labute approximate surface area is 179 Å². The summed E-state index contributed by atoms with van der Waals surface area (Å²) in [4.78, 5) is 43.0. The van der Waals surface area contributed by atoms with Crippen LogP contribution >= 0.6 is 19.4 Å². The number of carbonyl (C=O) groups excluding carboxylic acids is 1. The largest absolute Gasteiger partial charge is 0.464 e. The zero-order valence-electron chi connectivity index (χ0n) is 16.4. The summed E-state index contributed by atoms with van der Waals surface area (Å²) in [6.45, 7) is 0.746. The fourth-order valence-corrected chi connectivity index (χ4v) is 3.99. The fraction of sp³-hybridized carbons (Fsp3) is 0.600. The van der Waals surface area contributed by atoms with Gasteiger partial charge in [0, 0.05) is 0 Å². The number of hydrogen-bond donors (Lipinski definition) is 5. The number of thioether (sulfide) groups is 1. The van der Waals surface area contributed by atoms with Crippen LogP contribution in [0.3, 0.4) is 0 Å². The lowest BCUT2D eigenvalue weighted by Gasteiger charge is -2.20. The number of hydrogen-bond acceptors (Lipinski definition) is 12. The van der Waals surface area contributed by atoms with Crippen molar-refractivity contribution in [2.24, 2.45) is 0 Å². The van der Waals surface area contributed by atoms with Crippen molar-refractivity contribution in [3.63, 3.8) is 0 Å². The van der Waals surface area contributed by atoms with Gasteiger partial charge >= 0.3 is 13.6 Å². The molecule has 1 fully saturated rings. The van der Waals surface area contributed by atoms with E-state index in [1.807, 2.05) is 0 Å². The number of rotatable bonds is 8. The molecule has 172 valence electrons. The first-order chi connectivity index (χ1) is 14.6. The van der Waals surface area contributed by atoms with Crippen molar-refractivity contribution in [1.29, 1.82) is 0 Å².